The number of halogens is 1. The van der Waals surface area contributed by atoms with E-state index in [0.29, 0.717) is 70.0 Å². The van der Waals surface area contributed by atoms with Crippen LogP contribution in [0.25, 0.3) is 0 Å². The highest BCUT2D eigenvalue weighted by Crippen LogP contribution is 2.34. The third-order valence-corrected chi connectivity index (χ3v) is 8.26. The molecule has 13 heteroatoms. The van der Waals surface area contributed by atoms with Crippen LogP contribution in [0, 0.1) is 17.7 Å². The average Bonchev–Trinajstić information content (AvgIpc) is 3.03. The van der Waals surface area contributed by atoms with Crippen molar-refractivity contribution >= 4 is 40.9 Å². The molecule has 2 aliphatic rings. The molecule has 2 aliphatic heterocycles. The van der Waals surface area contributed by atoms with Gasteiger partial charge in [0.05, 0.1) is 19.0 Å². The number of carbonyl (C=O) groups is 3. The Hall–Kier alpha value is -4.16. The zero-order valence-corrected chi connectivity index (χ0v) is 26.9. The summed E-state index contributed by atoms with van der Waals surface area (Å²) in [7, 11) is 1.58. The molecule has 1 aromatic heterocycles. The standard InChI is InChI=1S/C32H47FN8O4/c1-5-9-34-29(43)16-23-15-24(17-30(44)35-10-6-2)21-41(20-23)31-26(33)19-36-32(38-31)37-27-8-7-25(18-28(27)45-4)40-13-11-39(12-14-40)22(3)42/h7-8,18-19,23-24H,5-6,9-17,20-21H2,1-4H3,(H,34,43)(H,35,44)(H,36,37,38)/t23-,24+. The molecule has 0 saturated carbocycles. The van der Waals surface area contributed by atoms with Gasteiger partial charge in [0.1, 0.15) is 5.75 Å². The maximum Gasteiger partial charge on any atom is 0.229 e. The van der Waals surface area contributed by atoms with Gasteiger partial charge in [0.25, 0.3) is 0 Å². The first-order valence-electron chi connectivity index (χ1n) is 16.0. The molecular weight excluding hydrogens is 579 g/mol. The SMILES string of the molecule is CCCNC(=O)C[C@@H]1C[C@H](CC(=O)NCCC)CN(c2nc(Nc3ccc(N4CCN(C(C)=O)CC4)cc3OC)ncc2F)C1. The van der Waals surface area contributed by atoms with E-state index in [4.69, 9.17) is 4.74 Å². The molecule has 3 N–H and O–H groups in total. The van der Waals surface area contributed by atoms with Gasteiger partial charge in [-0.3, -0.25) is 14.4 Å². The Kier molecular flexibility index (Phi) is 12.2. The van der Waals surface area contributed by atoms with Crippen molar-refractivity contribution in [2.45, 2.75) is 52.9 Å². The second-order valence-corrected chi connectivity index (χ2v) is 11.8. The van der Waals surface area contributed by atoms with Gasteiger partial charge in [-0.1, -0.05) is 13.8 Å². The Bertz CT molecular complexity index is 1290. The van der Waals surface area contributed by atoms with Crippen molar-refractivity contribution in [1.82, 2.24) is 25.5 Å². The number of aromatic nitrogens is 2. The number of anilines is 4. The van der Waals surface area contributed by atoms with Crippen molar-refractivity contribution in [1.29, 1.82) is 0 Å². The zero-order chi connectivity index (χ0) is 32.3. The number of nitrogens with one attached hydrogen (secondary N) is 3. The average molecular weight is 627 g/mol. The number of methoxy groups -OCH3 is 1. The Morgan fingerprint density at radius 3 is 2.13 bits per heavy atom. The van der Waals surface area contributed by atoms with E-state index in [1.807, 2.05) is 41.8 Å². The monoisotopic (exact) mass is 626 g/mol. The molecule has 2 atom stereocenters. The van der Waals surface area contributed by atoms with Gasteiger partial charge in [-0.25, -0.2) is 9.37 Å². The van der Waals surface area contributed by atoms with Crippen LogP contribution in [0.3, 0.4) is 0 Å². The Morgan fingerprint density at radius 2 is 1.58 bits per heavy atom. The Labute approximate surface area is 265 Å². The topological polar surface area (TPSA) is 132 Å². The number of hydrogen-bond acceptors (Lipinski definition) is 9. The number of ether oxygens (including phenoxy) is 1. The summed E-state index contributed by atoms with van der Waals surface area (Å²) < 4.78 is 20.9. The summed E-state index contributed by atoms with van der Waals surface area (Å²) in [5, 5.41) is 9.04. The summed E-state index contributed by atoms with van der Waals surface area (Å²) in [5.74, 6) is 0.209. The predicted molar refractivity (Wildman–Crippen MR) is 172 cm³/mol. The van der Waals surface area contributed by atoms with Gasteiger partial charge >= 0.3 is 0 Å². The zero-order valence-electron chi connectivity index (χ0n) is 26.9. The molecule has 3 amide bonds. The minimum absolute atomic E-state index is 0.0420. The normalized spacial score (nSPS) is 18.4. The maximum absolute atomic E-state index is 15.3. The highest BCUT2D eigenvalue weighted by molar-refractivity contribution is 5.77. The minimum Gasteiger partial charge on any atom is -0.494 e. The maximum atomic E-state index is 15.3. The van der Waals surface area contributed by atoms with Crippen LogP contribution in [0.15, 0.2) is 24.4 Å². The van der Waals surface area contributed by atoms with Crippen molar-refractivity contribution in [3.63, 3.8) is 0 Å². The van der Waals surface area contributed by atoms with Gasteiger partial charge in [-0.05, 0) is 43.2 Å². The smallest absolute Gasteiger partial charge is 0.229 e. The van der Waals surface area contributed by atoms with Gasteiger partial charge in [0, 0.05) is 83.9 Å². The number of hydrogen-bond donors (Lipinski definition) is 3. The molecule has 2 fully saturated rings. The van der Waals surface area contributed by atoms with Crippen molar-refractivity contribution in [3.05, 3.63) is 30.2 Å². The van der Waals surface area contributed by atoms with E-state index in [0.717, 1.165) is 37.8 Å². The summed E-state index contributed by atoms with van der Waals surface area (Å²) in [6.07, 6.45) is 4.12. The highest BCUT2D eigenvalue weighted by atomic mass is 19.1. The van der Waals surface area contributed by atoms with Gasteiger partial charge in [0.15, 0.2) is 11.6 Å². The molecule has 1 aromatic carbocycles. The molecule has 0 bridgehead atoms. The third kappa shape index (κ3) is 9.41. The predicted octanol–water partition coefficient (Wildman–Crippen LogP) is 3.31. The fourth-order valence-electron chi connectivity index (χ4n) is 6.00. The van der Waals surface area contributed by atoms with Crippen LogP contribution in [0.1, 0.15) is 52.9 Å². The highest BCUT2D eigenvalue weighted by Gasteiger charge is 2.32. The number of piperidine rings is 1. The lowest BCUT2D eigenvalue weighted by Crippen LogP contribution is -2.48. The molecule has 12 nitrogen and oxygen atoms in total. The molecular formula is C32H47FN8O4. The van der Waals surface area contributed by atoms with Crippen molar-refractivity contribution in [2.24, 2.45) is 11.8 Å². The summed E-state index contributed by atoms with van der Waals surface area (Å²) in [4.78, 5) is 51.5. The number of benzene rings is 1. The van der Waals surface area contributed by atoms with Gasteiger partial charge in [-0.15, -0.1) is 0 Å². The van der Waals surface area contributed by atoms with E-state index in [1.165, 1.54) is 0 Å². The van der Waals surface area contributed by atoms with E-state index in [-0.39, 0.29) is 41.3 Å². The van der Waals surface area contributed by atoms with Crippen LogP contribution in [0.2, 0.25) is 0 Å². The molecule has 45 heavy (non-hydrogen) atoms. The second-order valence-electron chi connectivity index (χ2n) is 11.8. The lowest BCUT2D eigenvalue weighted by Gasteiger charge is -2.38. The lowest BCUT2D eigenvalue weighted by atomic mass is 9.85. The fourth-order valence-corrected chi connectivity index (χ4v) is 6.00. The minimum atomic E-state index is -0.571. The number of rotatable bonds is 13. The number of piperazine rings is 1. The molecule has 2 saturated heterocycles. The summed E-state index contributed by atoms with van der Waals surface area (Å²) in [5.41, 5.74) is 1.59. The fraction of sp³-hybridized carbons (Fsp3) is 0.594. The van der Waals surface area contributed by atoms with Gasteiger partial charge < -0.3 is 35.4 Å². The lowest BCUT2D eigenvalue weighted by molar-refractivity contribution is -0.129. The number of carbonyl (C=O) groups excluding carboxylic acids is 3. The van der Waals surface area contributed by atoms with Crippen molar-refractivity contribution in [3.8, 4) is 5.75 Å². The number of nitrogens with zero attached hydrogens (tertiary/aromatic N) is 5. The van der Waals surface area contributed by atoms with Crippen LogP contribution in [0.5, 0.6) is 5.75 Å². The first-order valence-corrected chi connectivity index (χ1v) is 16.0. The summed E-state index contributed by atoms with van der Waals surface area (Å²) >= 11 is 0. The first-order chi connectivity index (χ1) is 21.7. The van der Waals surface area contributed by atoms with Gasteiger partial charge in [-0.2, -0.15) is 4.98 Å². The van der Waals surface area contributed by atoms with E-state index in [9.17, 15) is 14.4 Å². The molecule has 4 rings (SSSR count). The molecule has 0 radical (unpaired) electrons. The molecule has 2 aromatic rings. The Morgan fingerprint density at radius 1 is 0.956 bits per heavy atom. The Balaban J connectivity index is 1.50. The molecule has 246 valence electrons. The molecule has 0 spiro atoms. The summed E-state index contributed by atoms with van der Waals surface area (Å²) in [6, 6.07) is 5.75. The van der Waals surface area contributed by atoms with E-state index < -0.39 is 5.82 Å². The number of amides is 3. The van der Waals surface area contributed by atoms with E-state index in [1.54, 1.807) is 14.0 Å². The van der Waals surface area contributed by atoms with E-state index in [2.05, 4.69) is 30.8 Å². The first kappa shape index (κ1) is 33.7. The van der Waals surface area contributed by atoms with Crippen LogP contribution in [-0.2, 0) is 14.4 Å². The second kappa shape index (κ2) is 16.2. The van der Waals surface area contributed by atoms with E-state index >= 15 is 4.39 Å². The molecule has 0 unspecified atom stereocenters. The van der Waals surface area contributed by atoms with Crippen LogP contribution < -0.4 is 30.5 Å². The van der Waals surface area contributed by atoms with Crippen LogP contribution >= 0.6 is 0 Å². The van der Waals surface area contributed by atoms with Crippen molar-refractivity contribution in [2.75, 3.05) is 74.6 Å². The molecule has 3 heterocycles. The van der Waals surface area contributed by atoms with Crippen LogP contribution in [0.4, 0.5) is 27.5 Å². The largest absolute Gasteiger partial charge is 0.494 e. The quantitative estimate of drug-likeness (QED) is 0.306. The third-order valence-electron chi connectivity index (χ3n) is 8.26. The van der Waals surface area contributed by atoms with Gasteiger partial charge in [0.2, 0.25) is 23.7 Å². The molecule has 0 aliphatic carbocycles. The summed E-state index contributed by atoms with van der Waals surface area (Å²) in [6.45, 7) is 10.4. The van der Waals surface area contributed by atoms with Crippen molar-refractivity contribution < 1.29 is 23.5 Å². The van der Waals surface area contributed by atoms with Crippen LogP contribution in [-0.4, -0.2) is 92.1 Å².